The minimum absolute atomic E-state index is 0.192. The lowest BCUT2D eigenvalue weighted by Crippen LogP contribution is -2.29. The zero-order valence-electron chi connectivity index (χ0n) is 13.7. The molecule has 0 amide bonds. The second kappa shape index (κ2) is 5.17. The van der Waals surface area contributed by atoms with E-state index in [9.17, 15) is 4.79 Å². The maximum absolute atomic E-state index is 12.1. The predicted octanol–water partition coefficient (Wildman–Crippen LogP) is 3.65. The summed E-state index contributed by atoms with van der Waals surface area (Å²) in [7, 11) is 0. The average Bonchev–Trinajstić information content (AvgIpc) is 2.65. The monoisotopic (exact) mass is 288 g/mol. The summed E-state index contributed by atoms with van der Waals surface area (Å²) < 4.78 is 7.49. The van der Waals surface area contributed by atoms with Gasteiger partial charge in [0, 0.05) is 11.6 Å². The molecule has 0 aliphatic rings. The van der Waals surface area contributed by atoms with Gasteiger partial charge < -0.3 is 9.14 Å². The Kier molecular flexibility index (Phi) is 3.83. The molecule has 0 spiro atoms. The van der Waals surface area contributed by atoms with Gasteiger partial charge in [-0.25, -0.2) is 4.98 Å². The highest BCUT2D eigenvalue weighted by Crippen LogP contribution is 2.31. The molecule has 0 aromatic carbocycles. The summed E-state index contributed by atoms with van der Waals surface area (Å²) in [5, 5.41) is 0. The molecule has 4 nitrogen and oxygen atoms in total. The van der Waals surface area contributed by atoms with E-state index in [0.29, 0.717) is 6.42 Å². The van der Waals surface area contributed by atoms with Gasteiger partial charge in [-0.3, -0.25) is 4.79 Å². The van der Waals surface area contributed by atoms with Crippen LogP contribution < -0.4 is 0 Å². The van der Waals surface area contributed by atoms with Crippen LogP contribution in [-0.2, 0) is 14.9 Å². The molecule has 2 heterocycles. The molecular formula is C17H24N2O2. The van der Waals surface area contributed by atoms with E-state index in [1.54, 1.807) is 0 Å². The standard InChI is InChI=1S/C17H24N2O2/c1-12-18-15(13-9-7-8-10-19(12)13)17(5,6)11-14(20)21-16(2,3)4/h7-10H,11H2,1-6H3. The lowest BCUT2D eigenvalue weighted by molar-refractivity contribution is -0.156. The average molecular weight is 288 g/mol. The summed E-state index contributed by atoms with van der Waals surface area (Å²) in [5.41, 5.74) is 1.15. The molecule has 2 aromatic heterocycles. The van der Waals surface area contributed by atoms with E-state index in [1.807, 2.05) is 70.3 Å². The molecule has 0 saturated heterocycles. The first kappa shape index (κ1) is 15.5. The SMILES string of the molecule is Cc1nc(C(C)(C)CC(=O)OC(C)(C)C)c2ccccn12. The van der Waals surface area contributed by atoms with Crippen molar-refractivity contribution in [2.24, 2.45) is 0 Å². The number of imidazole rings is 1. The summed E-state index contributed by atoms with van der Waals surface area (Å²) in [4.78, 5) is 16.8. The highest BCUT2D eigenvalue weighted by Gasteiger charge is 2.31. The summed E-state index contributed by atoms with van der Waals surface area (Å²) in [6.45, 7) is 11.7. The first-order chi connectivity index (χ1) is 9.60. The maximum Gasteiger partial charge on any atom is 0.307 e. The third-order valence-corrected chi connectivity index (χ3v) is 3.37. The van der Waals surface area contributed by atoms with Crippen LogP contribution in [0.3, 0.4) is 0 Å². The number of carbonyl (C=O) groups excluding carboxylic acids is 1. The summed E-state index contributed by atoms with van der Waals surface area (Å²) in [5.74, 6) is 0.736. The van der Waals surface area contributed by atoms with Gasteiger partial charge in [0.1, 0.15) is 11.4 Å². The smallest absolute Gasteiger partial charge is 0.307 e. The lowest BCUT2D eigenvalue weighted by atomic mass is 9.85. The van der Waals surface area contributed by atoms with E-state index in [2.05, 4.69) is 4.98 Å². The van der Waals surface area contributed by atoms with Gasteiger partial charge in [-0.15, -0.1) is 0 Å². The van der Waals surface area contributed by atoms with E-state index >= 15 is 0 Å². The number of hydrogen-bond acceptors (Lipinski definition) is 3. The number of hydrogen-bond donors (Lipinski definition) is 0. The van der Waals surface area contributed by atoms with Gasteiger partial charge in [0.15, 0.2) is 0 Å². The molecule has 0 atom stereocenters. The third-order valence-electron chi connectivity index (χ3n) is 3.37. The van der Waals surface area contributed by atoms with Crippen LogP contribution in [0.15, 0.2) is 24.4 Å². The molecular weight excluding hydrogens is 264 g/mol. The largest absolute Gasteiger partial charge is 0.460 e. The van der Waals surface area contributed by atoms with Gasteiger partial charge in [0.2, 0.25) is 0 Å². The number of pyridine rings is 1. The van der Waals surface area contributed by atoms with Crippen molar-refractivity contribution in [3.8, 4) is 0 Å². The van der Waals surface area contributed by atoms with E-state index in [0.717, 1.165) is 17.0 Å². The van der Waals surface area contributed by atoms with Crippen molar-refractivity contribution >= 4 is 11.5 Å². The van der Waals surface area contributed by atoms with E-state index < -0.39 is 5.60 Å². The lowest BCUT2D eigenvalue weighted by Gasteiger charge is -2.25. The fourth-order valence-electron chi connectivity index (χ4n) is 2.51. The number of ether oxygens (including phenoxy) is 1. The highest BCUT2D eigenvalue weighted by molar-refractivity contribution is 5.72. The molecule has 0 aliphatic heterocycles. The quantitative estimate of drug-likeness (QED) is 0.810. The van der Waals surface area contributed by atoms with Crippen molar-refractivity contribution in [1.29, 1.82) is 0 Å². The topological polar surface area (TPSA) is 43.6 Å². The Balaban J connectivity index is 2.32. The van der Waals surface area contributed by atoms with Crippen LogP contribution in [0.25, 0.3) is 5.52 Å². The molecule has 21 heavy (non-hydrogen) atoms. The number of esters is 1. The Morgan fingerprint density at radius 2 is 1.90 bits per heavy atom. The van der Waals surface area contributed by atoms with Crippen molar-refractivity contribution in [2.75, 3.05) is 0 Å². The van der Waals surface area contributed by atoms with Crippen molar-refractivity contribution in [2.45, 2.75) is 59.0 Å². The number of aromatic nitrogens is 2. The zero-order valence-corrected chi connectivity index (χ0v) is 13.7. The number of nitrogens with zero attached hydrogens (tertiary/aromatic N) is 2. The van der Waals surface area contributed by atoms with Crippen molar-refractivity contribution in [3.63, 3.8) is 0 Å². The van der Waals surface area contributed by atoms with Crippen LogP contribution in [0, 0.1) is 6.92 Å². The Morgan fingerprint density at radius 3 is 2.52 bits per heavy atom. The fraction of sp³-hybridized carbons (Fsp3) is 0.529. The van der Waals surface area contributed by atoms with Gasteiger partial charge >= 0.3 is 5.97 Å². The maximum atomic E-state index is 12.1. The van der Waals surface area contributed by atoms with E-state index in [4.69, 9.17) is 4.74 Å². The first-order valence-electron chi connectivity index (χ1n) is 7.26. The molecule has 0 unspecified atom stereocenters. The van der Waals surface area contributed by atoms with Crippen molar-refractivity contribution in [1.82, 2.24) is 9.38 Å². The molecule has 4 heteroatoms. The molecule has 2 aromatic rings. The Hall–Kier alpha value is -1.84. The minimum atomic E-state index is -0.459. The van der Waals surface area contributed by atoms with Crippen molar-refractivity contribution < 1.29 is 9.53 Å². The van der Waals surface area contributed by atoms with Gasteiger partial charge in [-0.05, 0) is 39.8 Å². The fourth-order valence-corrected chi connectivity index (χ4v) is 2.51. The normalized spacial score (nSPS) is 12.7. The van der Waals surface area contributed by atoms with Crippen LogP contribution in [0.4, 0.5) is 0 Å². The number of rotatable bonds is 3. The van der Waals surface area contributed by atoms with E-state index in [1.165, 1.54) is 0 Å². The highest BCUT2D eigenvalue weighted by atomic mass is 16.6. The molecule has 2 rings (SSSR count). The zero-order chi connectivity index (χ0) is 15.8. The van der Waals surface area contributed by atoms with Gasteiger partial charge in [0.05, 0.1) is 17.6 Å². The number of fused-ring (bicyclic) bond motifs is 1. The number of carbonyl (C=O) groups is 1. The van der Waals surface area contributed by atoms with Crippen LogP contribution >= 0.6 is 0 Å². The second-order valence-electron chi connectivity index (χ2n) is 7.11. The Bertz CT molecular complexity index is 663. The minimum Gasteiger partial charge on any atom is -0.460 e. The van der Waals surface area contributed by atoms with Crippen LogP contribution in [0.1, 0.15) is 52.6 Å². The molecule has 0 fully saturated rings. The third kappa shape index (κ3) is 3.43. The Morgan fingerprint density at radius 1 is 1.24 bits per heavy atom. The molecule has 114 valence electrons. The molecule has 0 N–H and O–H groups in total. The second-order valence-corrected chi connectivity index (χ2v) is 7.11. The van der Waals surface area contributed by atoms with Crippen LogP contribution in [0.5, 0.6) is 0 Å². The molecule has 0 aliphatic carbocycles. The van der Waals surface area contributed by atoms with Gasteiger partial charge in [-0.2, -0.15) is 0 Å². The van der Waals surface area contributed by atoms with Crippen LogP contribution in [0.2, 0.25) is 0 Å². The summed E-state index contributed by atoms with van der Waals surface area (Å²) >= 11 is 0. The number of aryl methyl sites for hydroxylation is 1. The summed E-state index contributed by atoms with van der Waals surface area (Å²) in [6.07, 6.45) is 2.30. The summed E-state index contributed by atoms with van der Waals surface area (Å²) in [6, 6.07) is 6.00. The van der Waals surface area contributed by atoms with E-state index in [-0.39, 0.29) is 11.4 Å². The molecule has 0 radical (unpaired) electrons. The predicted molar refractivity (Wildman–Crippen MR) is 83.4 cm³/mol. The first-order valence-corrected chi connectivity index (χ1v) is 7.26. The van der Waals surface area contributed by atoms with Gasteiger partial charge in [0.25, 0.3) is 0 Å². The Labute approximate surface area is 126 Å². The van der Waals surface area contributed by atoms with Crippen LogP contribution in [-0.4, -0.2) is 21.0 Å². The van der Waals surface area contributed by atoms with Gasteiger partial charge in [-0.1, -0.05) is 19.9 Å². The molecule has 0 saturated carbocycles. The van der Waals surface area contributed by atoms with Crippen molar-refractivity contribution in [3.05, 3.63) is 35.9 Å². The molecule has 0 bridgehead atoms.